The van der Waals surface area contributed by atoms with Gasteiger partial charge in [-0.05, 0) is 12.5 Å². The van der Waals surface area contributed by atoms with E-state index in [4.69, 9.17) is 0 Å². The number of rotatable bonds is 2. The molecule has 0 spiro atoms. The van der Waals surface area contributed by atoms with Gasteiger partial charge in [0.15, 0.2) is 16.8 Å². The highest BCUT2D eigenvalue weighted by Gasteiger charge is 2.14. The minimum atomic E-state index is -0.416. The molecular weight excluding hydrogens is 258 g/mol. The van der Waals surface area contributed by atoms with E-state index in [9.17, 15) is 9.59 Å². The van der Waals surface area contributed by atoms with Gasteiger partial charge in [-0.3, -0.25) is 13.9 Å². The van der Waals surface area contributed by atoms with E-state index in [0.29, 0.717) is 16.8 Å². The summed E-state index contributed by atoms with van der Waals surface area (Å²) < 4.78 is 4.38. The van der Waals surface area contributed by atoms with E-state index in [2.05, 4.69) is 16.9 Å². The number of aromatic nitrogens is 5. The molecule has 0 bridgehead atoms. The molecular formula is C13H15N5O2. The first-order valence-electron chi connectivity index (χ1n) is 6.47. The average Bonchev–Trinajstić information content (AvgIpc) is 2.84. The van der Waals surface area contributed by atoms with Crippen LogP contribution >= 0.6 is 0 Å². The third-order valence-corrected chi connectivity index (χ3v) is 3.43. The van der Waals surface area contributed by atoms with Gasteiger partial charge in [-0.25, -0.2) is 14.8 Å². The smallest absolute Gasteiger partial charge is 0.331 e. The highest BCUT2D eigenvalue weighted by atomic mass is 16.2. The Morgan fingerprint density at radius 1 is 1.10 bits per heavy atom. The predicted molar refractivity (Wildman–Crippen MR) is 75.8 cm³/mol. The molecule has 0 aromatic carbocycles. The summed E-state index contributed by atoms with van der Waals surface area (Å²) in [4.78, 5) is 32.9. The van der Waals surface area contributed by atoms with Crippen molar-refractivity contribution in [3.63, 3.8) is 0 Å². The summed E-state index contributed by atoms with van der Waals surface area (Å²) in [5.74, 6) is 0. The SMILES string of the molecule is CCCn1ccc2nc3c(=O)n(C)c(=O)n(C)c3nc21. The zero-order chi connectivity index (χ0) is 14.4. The van der Waals surface area contributed by atoms with Gasteiger partial charge in [0.25, 0.3) is 5.56 Å². The van der Waals surface area contributed by atoms with Crippen molar-refractivity contribution in [2.24, 2.45) is 14.1 Å². The standard InChI is InChI=1S/C13H15N5O2/c1-4-6-18-7-5-8-10(18)15-11-9(14-8)12(19)17(3)13(20)16(11)2/h5,7H,4,6H2,1-3H3. The van der Waals surface area contributed by atoms with Crippen LogP contribution in [0.4, 0.5) is 0 Å². The van der Waals surface area contributed by atoms with Crippen molar-refractivity contribution in [3.8, 4) is 0 Å². The lowest BCUT2D eigenvalue weighted by atomic mass is 10.4. The second kappa shape index (κ2) is 4.29. The molecule has 3 aromatic heterocycles. The summed E-state index contributed by atoms with van der Waals surface area (Å²) in [5.41, 5.74) is 1.09. The number of fused-ring (bicyclic) bond motifs is 2. The van der Waals surface area contributed by atoms with E-state index in [1.165, 1.54) is 11.6 Å². The molecule has 0 aliphatic heterocycles. The first-order valence-corrected chi connectivity index (χ1v) is 6.47. The number of nitrogens with zero attached hydrogens (tertiary/aromatic N) is 5. The quantitative estimate of drug-likeness (QED) is 0.677. The van der Waals surface area contributed by atoms with Crippen molar-refractivity contribution in [1.82, 2.24) is 23.7 Å². The molecule has 3 heterocycles. The molecule has 20 heavy (non-hydrogen) atoms. The van der Waals surface area contributed by atoms with Crippen LogP contribution in [0.25, 0.3) is 22.3 Å². The van der Waals surface area contributed by atoms with Crippen LogP contribution in [0.5, 0.6) is 0 Å². The molecule has 0 fully saturated rings. The molecule has 0 aliphatic carbocycles. The Hall–Kier alpha value is -2.44. The first-order chi connectivity index (χ1) is 9.54. The van der Waals surface area contributed by atoms with Gasteiger partial charge in [-0.2, -0.15) is 0 Å². The molecule has 0 atom stereocenters. The Bertz CT molecular complexity index is 932. The fraction of sp³-hybridized carbons (Fsp3) is 0.385. The second-order valence-electron chi connectivity index (χ2n) is 4.82. The fourth-order valence-corrected chi connectivity index (χ4v) is 2.35. The zero-order valence-corrected chi connectivity index (χ0v) is 11.6. The maximum absolute atomic E-state index is 12.1. The monoisotopic (exact) mass is 273 g/mol. The Labute approximate surface area is 114 Å². The van der Waals surface area contributed by atoms with Crippen molar-refractivity contribution in [1.29, 1.82) is 0 Å². The fourth-order valence-electron chi connectivity index (χ4n) is 2.35. The van der Waals surface area contributed by atoms with E-state index in [1.807, 2.05) is 16.8 Å². The van der Waals surface area contributed by atoms with Crippen LogP contribution < -0.4 is 11.2 Å². The molecule has 7 nitrogen and oxygen atoms in total. The van der Waals surface area contributed by atoms with Gasteiger partial charge in [-0.1, -0.05) is 6.92 Å². The number of hydrogen-bond acceptors (Lipinski definition) is 4. The summed E-state index contributed by atoms with van der Waals surface area (Å²) >= 11 is 0. The summed E-state index contributed by atoms with van der Waals surface area (Å²) in [6, 6.07) is 1.84. The maximum atomic E-state index is 12.1. The van der Waals surface area contributed by atoms with Crippen molar-refractivity contribution < 1.29 is 0 Å². The van der Waals surface area contributed by atoms with Crippen LogP contribution in [-0.2, 0) is 20.6 Å². The van der Waals surface area contributed by atoms with Crippen LogP contribution in [0.15, 0.2) is 21.9 Å². The Morgan fingerprint density at radius 3 is 2.55 bits per heavy atom. The Morgan fingerprint density at radius 2 is 1.85 bits per heavy atom. The van der Waals surface area contributed by atoms with E-state index in [0.717, 1.165) is 17.5 Å². The van der Waals surface area contributed by atoms with E-state index >= 15 is 0 Å². The summed E-state index contributed by atoms with van der Waals surface area (Å²) in [6.07, 6.45) is 2.87. The molecule has 0 aliphatic rings. The lowest BCUT2D eigenvalue weighted by molar-refractivity contribution is 0.690. The van der Waals surface area contributed by atoms with Crippen molar-refractivity contribution in [2.45, 2.75) is 19.9 Å². The van der Waals surface area contributed by atoms with Crippen LogP contribution in [0.2, 0.25) is 0 Å². The molecule has 7 heteroatoms. The van der Waals surface area contributed by atoms with Gasteiger partial charge < -0.3 is 4.57 Å². The average molecular weight is 273 g/mol. The molecule has 104 valence electrons. The largest absolute Gasteiger partial charge is 0.332 e. The van der Waals surface area contributed by atoms with Crippen LogP contribution in [0, 0.1) is 0 Å². The summed E-state index contributed by atoms with van der Waals surface area (Å²) in [6.45, 7) is 2.90. The van der Waals surface area contributed by atoms with Gasteiger partial charge in [0.2, 0.25) is 0 Å². The van der Waals surface area contributed by atoms with E-state index in [-0.39, 0.29) is 5.52 Å². The van der Waals surface area contributed by atoms with Gasteiger partial charge >= 0.3 is 5.69 Å². The minimum absolute atomic E-state index is 0.219. The molecule has 0 unspecified atom stereocenters. The van der Waals surface area contributed by atoms with Crippen molar-refractivity contribution in [3.05, 3.63) is 33.1 Å². The predicted octanol–water partition coefficient (Wildman–Crippen LogP) is 0.392. The first kappa shape index (κ1) is 12.6. The third kappa shape index (κ3) is 1.59. The third-order valence-electron chi connectivity index (χ3n) is 3.43. The summed E-state index contributed by atoms with van der Waals surface area (Å²) in [7, 11) is 3.04. The van der Waals surface area contributed by atoms with Gasteiger partial charge in [-0.15, -0.1) is 0 Å². The van der Waals surface area contributed by atoms with Crippen LogP contribution in [-0.4, -0.2) is 23.7 Å². The topological polar surface area (TPSA) is 74.7 Å². The number of aryl methyl sites for hydroxylation is 2. The molecule has 0 amide bonds. The Balaban J connectivity index is 2.50. The lowest BCUT2D eigenvalue weighted by Crippen LogP contribution is -2.37. The molecule has 0 saturated heterocycles. The molecule has 0 N–H and O–H groups in total. The highest BCUT2D eigenvalue weighted by molar-refractivity contribution is 5.82. The summed E-state index contributed by atoms with van der Waals surface area (Å²) in [5, 5.41) is 0. The van der Waals surface area contributed by atoms with Gasteiger partial charge in [0.1, 0.15) is 5.52 Å². The minimum Gasteiger partial charge on any atom is -0.331 e. The normalized spacial score (nSPS) is 11.6. The van der Waals surface area contributed by atoms with E-state index in [1.54, 1.807) is 7.05 Å². The number of hydrogen-bond donors (Lipinski definition) is 0. The second-order valence-corrected chi connectivity index (χ2v) is 4.82. The Kier molecular flexibility index (Phi) is 2.70. The highest BCUT2D eigenvalue weighted by Crippen LogP contribution is 2.14. The molecule has 0 radical (unpaired) electrons. The maximum Gasteiger partial charge on any atom is 0.332 e. The van der Waals surface area contributed by atoms with Crippen LogP contribution in [0.1, 0.15) is 13.3 Å². The van der Waals surface area contributed by atoms with Crippen LogP contribution in [0.3, 0.4) is 0 Å². The molecule has 3 aromatic rings. The zero-order valence-electron chi connectivity index (χ0n) is 11.6. The lowest BCUT2D eigenvalue weighted by Gasteiger charge is -2.07. The molecule has 0 saturated carbocycles. The van der Waals surface area contributed by atoms with Crippen molar-refractivity contribution >= 4 is 22.3 Å². The van der Waals surface area contributed by atoms with Crippen molar-refractivity contribution in [2.75, 3.05) is 0 Å². The molecule has 3 rings (SSSR count). The van der Waals surface area contributed by atoms with Gasteiger partial charge in [0, 0.05) is 26.8 Å². The van der Waals surface area contributed by atoms with E-state index < -0.39 is 11.2 Å². The van der Waals surface area contributed by atoms with Gasteiger partial charge in [0.05, 0.1) is 0 Å².